The molecule has 0 aliphatic heterocycles. The Kier molecular flexibility index (Phi) is 3.43. The van der Waals surface area contributed by atoms with Gasteiger partial charge in [0.15, 0.2) is 0 Å². The maximum Gasteiger partial charge on any atom is 0.248 e. The number of carbonyl (C=O) groups is 1. The van der Waals surface area contributed by atoms with Crippen LogP contribution in [0.3, 0.4) is 0 Å². The number of para-hydroxylation sites is 1. The minimum absolute atomic E-state index is 0.212. The Labute approximate surface area is 138 Å². The van der Waals surface area contributed by atoms with Gasteiger partial charge in [0.1, 0.15) is 22.7 Å². The van der Waals surface area contributed by atoms with Crippen molar-refractivity contribution in [1.82, 2.24) is 0 Å². The van der Waals surface area contributed by atoms with E-state index in [2.05, 4.69) is 5.32 Å². The molecule has 1 amide bonds. The quantitative estimate of drug-likeness (QED) is 0.532. The fourth-order valence-corrected chi connectivity index (χ4v) is 2.69. The summed E-state index contributed by atoms with van der Waals surface area (Å²) in [7, 11) is 0. The molecule has 0 bridgehead atoms. The molecular formula is C20H15NO3. The Bertz CT molecular complexity index is 1070. The summed E-state index contributed by atoms with van der Waals surface area (Å²) in [5.74, 6) is 1.25. The van der Waals surface area contributed by atoms with Gasteiger partial charge in [0.2, 0.25) is 5.91 Å². The van der Waals surface area contributed by atoms with Gasteiger partial charge in [0.05, 0.1) is 0 Å². The molecule has 1 N–H and O–H groups in total. The highest BCUT2D eigenvalue weighted by Gasteiger charge is 2.07. The Morgan fingerprint density at radius 2 is 1.79 bits per heavy atom. The number of carbonyl (C=O) groups excluding carboxylic acids is 1. The second-order valence-electron chi connectivity index (χ2n) is 5.58. The average Bonchev–Trinajstić information content (AvgIpc) is 3.16. The van der Waals surface area contributed by atoms with Crippen LogP contribution in [-0.2, 0) is 4.79 Å². The standard InChI is InChI=1S/C20H15NO3/c1-13-6-8-15(23-13)9-11-20(22)21-14-7-10-19-17(12-14)16-4-2-3-5-18(16)24-19/h2-12H,1H3,(H,21,22)/b11-9+. The van der Waals surface area contributed by atoms with Gasteiger partial charge in [-0.15, -0.1) is 0 Å². The number of aryl methyl sites for hydroxylation is 1. The summed E-state index contributed by atoms with van der Waals surface area (Å²) in [5.41, 5.74) is 2.36. The first kappa shape index (κ1) is 14.3. The van der Waals surface area contributed by atoms with Crippen LogP contribution in [0.2, 0.25) is 0 Å². The molecule has 4 rings (SSSR count). The molecule has 0 fully saturated rings. The van der Waals surface area contributed by atoms with Gasteiger partial charge in [-0.3, -0.25) is 4.79 Å². The van der Waals surface area contributed by atoms with Crippen LogP contribution < -0.4 is 5.32 Å². The van der Waals surface area contributed by atoms with Crippen LogP contribution in [0.1, 0.15) is 11.5 Å². The average molecular weight is 317 g/mol. The molecule has 2 aromatic carbocycles. The van der Waals surface area contributed by atoms with Crippen LogP contribution in [0.4, 0.5) is 5.69 Å². The maximum absolute atomic E-state index is 12.1. The highest BCUT2D eigenvalue weighted by Crippen LogP contribution is 2.30. The van der Waals surface area contributed by atoms with Crippen molar-refractivity contribution in [2.75, 3.05) is 5.32 Å². The first-order chi connectivity index (χ1) is 11.7. The summed E-state index contributed by atoms with van der Waals surface area (Å²) in [6.45, 7) is 1.86. The second-order valence-corrected chi connectivity index (χ2v) is 5.58. The number of anilines is 1. The van der Waals surface area contributed by atoms with Crippen LogP contribution in [0.15, 0.2) is 69.5 Å². The molecule has 118 valence electrons. The molecule has 4 nitrogen and oxygen atoms in total. The third-order valence-electron chi connectivity index (χ3n) is 3.80. The molecular weight excluding hydrogens is 302 g/mol. The summed E-state index contributed by atoms with van der Waals surface area (Å²) in [6.07, 6.45) is 3.10. The van der Waals surface area contributed by atoms with Gasteiger partial charge in [0.25, 0.3) is 0 Å². The first-order valence-electron chi connectivity index (χ1n) is 7.66. The molecule has 24 heavy (non-hydrogen) atoms. The van der Waals surface area contributed by atoms with Crippen molar-refractivity contribution in [3.05, 3.63) is 72.2 Å². The Morgan fingerprint density at radius 3 is 2.62 bits per heavy atom. The van der Waals surface area contributed by atoms with E-state index in [1.165, 1.54) is 6.08 Å². The third-order valence-corrected chi connectivity index (χ3v) is 3.80. The van der Waals surface area contributed by atoms with Crippen LogP contribution >= 0.6 is 0 Å². The lowest BCUT2D eigenvalue weighted by molar-refractivity contribution is -0.111. The number of benzene rings is 2. The van der Waals surface area contributed by atoms with Gasteiger partial charge in [-0.25, -0.2) is 0 Å². The van der Waals surface area contributed by atoms with E-state index in [4.69, 9.17) is 8.83 Å². The van der Waals surface area contributed by atoms with Crippen molar-refractivity contribution < 1.29 is 13.6 Å². The maximum atomic E-state index is 12.1. The lowest BCUT2D eigenvalue weighted by atomic mass is 10.1. The van der Waals surface area contributed by atoms with Gasteiger partial charge in [0, 0.05) is 22.5 Å². The number of hydrogen-bond donors (Lipinski definition) is 1. The monoisotopic (exact) mass is 317 g/mol. The minimum atomic E-state index is -0.212. The van der Waals surface area contributed by atoms with Crippen LogP contribution in [0.5, 0.6) is 0 Å². The van der Waals surface area contributed by atoms with E-state index in [9.17, 15) is 4.79 Å². The summed E-state index contributed by atoms with van der Waals surface area (Å²) in [5, 5.41) is 4.87. The highest BCUT2D eigenvalue weighted by atomic mass is 16.3. The van der Waals surface area contributed by atoms with Crippen LogP contribution in [0, 0.1) is 6.92 Å². The van der Waals surface area contributed by atoms with E-state index < -0.39 is 0 Å². The van der Waals surface area contributed by atoms with E-state index >= 15 is 0 Å². The Hall–Kier alpha value is -3.27. The lowest BCUT2D eigenvalue weighted by Gasteiger charge is -2.01. The number of nitrogens with one attached hydrogen (secondary N) is 1. The molecule has 0 atom stereocenters. The van der Waals surface area contributed by atoms with Gasteiger partial charge < -0.3 is 14.2 Å². The van der Waals surface area contributed by atoms with E-state index in [1.807, 2.05) is 61.5 Å². The van der Waals surface area contributed by atoms with E-state index in [-0.39, 0.29) is 5.91 Å². The number of amides is 1. The number of hydrogen-bond acceptors (Lipinski definition) is 3. The van der Waals surface area contributed by atoms with Crippen molar-refractivity contribution in [1.29, 1.82) is 0 Å². The largest absolute Gasteiger partial charge is 0.462 e. The summed E-state index contributed by atoms with van der Waals surface area (Å²) >= 11 is 0. The molecule has 0 unspecified atom stereocenters. The van der Waals surface area contributed by atoms with E-state index in [0.29, 0.717) is 5.76 Å². The normalized spacial score (nSPS) is 11.5. The predicted octanol–water partition coefficient (Wildman–Crippen LogP) is 5.14. The molecule has 4 heteroatoms. The number of furan rings is 2. The van der Waals surface area contributed by atoms with Crippen molar-refractivity contribution in [2.24, 2.45) is 0 Å². The summed E-state index contributed by atoms with van der Waals surface area (Å²) < 4.78 is 11.2. The predicted molar refractivity (Wildman–Crippen MR) is 94.8 cm³/mol. The third kappa shape index (κ3) is 2.70. The van der Waals surface area contributed by atoms with Crippen LogP contribution in [0.25, 0.3) is 28.0 Å². The summed E-state index contributed by atoms with van der Waals surface area (Å²) in [4.78, 5) is 12.1. The Balaban J connectivity index is 1.58. The van der Waals surface area contributed by atoms with Crippen LogP contribution in [-0.4, -0.2) is 5.91 Å². The molecule has 0 saturated heterocycles. The smallest absolute Gasteiger partial charge is 0.248 e. The summed E-state index contributed by atoms with van der Waals surface area (Å²) in [6, 6.07) is 17.1. The fourth-order valence-electron chi connectivity index (χ4n) is 2.69. The van der Waals surface area contributed by atoms with Crippen molar-refractivity contribution in [3.63, 3.8) is 0 Å². The highest BCUT2D eigenvalue weighted by molar-refractivity contribution is 6.08. The van der Waals surface area contributed by atoms with Gasteiger partial charge in [-0.2, -0.15) is 0 Å². The molecule has 2 aromatic heterocycles. The van der Waals surface area contributed by atoms with Crippen molar-refractivity contribution in [3.8, 4) is 0 Å². The topological polar surface area (TPSA) is 55.4 Å². The zero-order valence-electron chi connectivity index (χ0n) is 13.1. The fraction of sp³-hybridized carbons (Fsp3) is 0.0500. The van der Waals surface area contributed by atoms with Gasteiger partial charge >= 0.3 is 0 Å². The lowest BCUT2D eigenvalue weighted by Crippen LogP contribution is -2.07. The van der Waals surface area contributed by atoms with Crippen molar-refractivity contribution >= 4 is 39.6 Å². The minimum Gasteiger partial charge on any atom is -0.462 e. The molecule has 0 radical (unpaired) electrons. The molecule has 0 saturated carbocycles. The zero-order chi connectivity index (χ0) is 16.5. The molecule has 2 heterocycles. The van der Waals surface area contributed by atoms with E-state index in [1.54, 1.807) is 6.08 Å². The molecule has 0 aliphatic rings. The molecule has 0 aliphatic carbocycles. The SMILES string of the molecule is Cc1ccc(/C=C/C(=O)Nc2ccc3oc4ccccc4c3c2)o1. The molecule has 4 aromatic rings. The van der Waals surface area contributed by atoms with E-state index in [0.717, 1.165) is 33.4 Å². The second kappa shape index (κ2) is 5.74. The Morgan fingerprint density at radius 1 is 0.958 bits per heavy atom. The van der Waals surface area contributed by atoms with Crippen molar-refractivity contribution in [2.45, 2.75) is 6.92 Å². The number of rotatable bonds is 3. The van der Waals surface area contributed by atoms with Gasteiger partial charge in [-0.05, 0) is 49.4 Å². The van der Waals surface area contributed by atoms with Gasteiger partial charge in [-0.1, -0.05) is 18.2 Å². The molecule has 0 spiro atoms. The zero-order valence-corrected chi connectivity index (χ0v) is 13.1. The first-order valence-corrected chi connectivity index (χ1v) is 7.66. The number of fused-ring (bicyclic) bond motifs is 3.